The zero-order chi connectivity index (χ0) is 9.69. The standard InChI is InChI=1S/C11H21NO/c1-10(2)5-6-11(13,7-10)9(12)8-3-4-8/h8-9,13H,3-7,12H2,1-2H3. The van der Waals surface area contributed by atoms with Gasteiger partial charge in [0.05, 0.1) is 5.60 Å². The molecule has 0 bridgehead atoms. The highest BCUT2D eigenvalue weighted by molar-refractivity contribution is 5.04. The van der Waals surface area contributed by atoms with Crippen molar-refractivity contribution >= 4 is 0 Å². The molecule has 2 unspecified atom stereocenters. The third kappa shape index (κ3) is 1.75. The van der Waals surface area contributed by atoms with E-state index in [4.69, 9.17) is 5.73 Å². The van der Waals surface area contributed by atoms with E-state index in [9.17, 15) is 5.11 Å². The molecule has 13 heavy (non-hydrogen) atoms. The molecule has 2 fully saturated rings. The number of hydrogen-bond donors (Lipinski definition) is 2. The van der Waals surface area contributed by atoms with Crippen LogP contribution in [0.25, 0.3) is 0 Å². The summed E-state index contributed by atoms with van der Waals surface area (Å²) in [6, 6.07) is 0.0364. The maximum atomic E-state index is 10.4. The third-order valence-corrected chi connectivity index (χ3v) is 3.77. The molecule has 0 saturated heterocycles. The normalized spacial score (nSPS) is 40.6. The number of rotatable bonds is 2. The number of aliphatic hydroxyl groups is 1. The number of nitrogens with two attached hydrogens (primary N) is 1. The molecule has 2 aliphatic rings. The molecule has 0 heterocycles. The van der Waals surface area contributed by atoms with Crippen molar-refractivity contribution in [3.63, 3.8) is 0 Å². The summed E-state index contributed by atoms with van der Waals surface area (Å²) in [5.41, 5.74) is 5.83. The lowest BCUT2D eigenvalue weighted by Crippen LogP contribution is -2.48. The summed E-state index contributed by atoms with van der Waals surface area (Å²) in [6.45, 7) is 4.45. The van der Waals surface area contributed by atoms with Crippen LogP contribution in [0.4, 0.5) is 0 Å². The summed E-state index contributed by atoms with van der Waals surface area (Å²) < 4.78 is 0. The van der Waals surface area contributed by atoms with Crippen molar-refractivity contribution in [2.45, 2.75) is 57.6 Å². The van der Waals surface area contributed by atoms with Crippen molar-refractivity contribution in [3.05, 3.63) is 0 Å². The molecule has 2 nitrogen and oxygen atoms in total. The average Bonchev–Trinajstić information content (AvgIpc) is 2.78. The van der Waals surface area contributed by atoms with E-state index in [2.05, 4.69) is 13.8 Å². The van der Waals surface area contributed by atoms with Crippen molar-refractivity contribution in [1.29, 1.82) is 0 Å². The molecule has 0 aromatic heterocycles. The van der Waals surface area contributed by atoms with Crippen LogP contribution in [-0.2, 0) is 0 Å². The first-order valence-electron chi connectivity index (χ1n) is 5.41. The van der Waals surface area contributed by atoms with Gasteiger partial charge in [-0.1, -0.05) is 13.8 Å². The zero-order valence-corrected chi connectivity index (χ0v) is 8.71. The van der Waals surface area contributed by atoms with Gasteiger partial charge < -0.3 is 10.8 Å². The maximum absolute atomic E-state index is 10.4. The van der Waals surface area contributed by atoms with Crippen LogP contribution in [0.15, 0.2) is 0 Å². The molecule has 2 heteroatoms. The van der Waals surface area contributed by atoms with Crippen molar-refractivity contribution < 1.29 is 5.11 Å². The van der Waals surface area contributed by atoms with Crippen molar-refractivity contribution in [3.8, 4) is 0 Å². The van der Waals surface area contributed by atoms with Crippen molar-refractivity contribution in [2.75, 3.05) is 0 Å². The van der Waals surface area contributed by atoms with Gasteiger partial charge in [-0.15, -0.1) is 0 Å². The first-order chi connectivity index (χ1) is 5.93. The van der Waals surface area contributed by atoms with Crippen LogP contribution >= 0.6 is 0 Å². The Morgan fingerprint density at radius 2 is 1.92 bits per heavy atom. The first kappa shape index (κ1) is 9.47. The first-order valence-corrected chi connectivity index (χ1v) is 5.41. The molecule has 2 aliphatic carbocycles. The minimum absolute atomic E-state index is 0.0364. The van der Waals surface area contributed by atoms with Gasteiger partial charge in [-0.3, -0.25) is 0 Å². The summed E-state index contributed by atoms with van der Waals surface area (Å²) in [5.74, 6) is 0.610. The van der Waals surface area contributed by atoms with Gasteiger partial charge in [0.1, 0.15) is 0 Å². The molecule has 0 spiro atoms. The SMILES string of the molecule is CC1(C)CCC(O)(C(N)C2CC2)C1. The fraction of sp³-hybridized carbons (Fsp3) is 1.00. The predicted octanol–water partition coefficient (Wildman–Crippen LogP) is 1.66. The van der Waals surface area contributed by atoms with Gasteiger partial charge in [-0.25, -0.2) is 0 Å². The van der Waals surface area contributed by atoms with Crippen LogP contribution in [0.3, 0.4) is 0 Å². The van der Waals surface area contributed by atoms with Gasteiger partial charge >= 0.3 is 0 Å². The molecular weight excluding hydrogens is 162 g/mol. The second kappa shape index (κ2) is 2.71. The summed E-state index contributed by atoms with van der Waals surface area (Å²) in [6.07, 6.45) is 5.35. The fourth-order valence-corrected chi connectivity index (χ4v) is 2.74. The van der Waals surface area contributed by atoms with Gasteiger partial charge in [-0.2, -0.15) is 0 Å². The van der Waals surface area contributed by atoms with Crippen molar-refractivity contribution in [1.82, 2.24) is 0 Å². The molecular formula is C11H21NO. The molecule has 2 rings (SSSR count). The Balaban J connectivity index is 2.04. The van der Waals surface area contributed by atoms with Crippen LogP contribution in [0.5, 0.6) is 0 Å². The van der Waals surface area contributed by atoms with Crippen LogP contribution in [0.2, 0.25) is 0 Å². The highest BCUT2D eigenvalue weighted by Gasteiger charge is 2.49. The van der Waals surface area contributed by atoms with Gasteiger partial charge in [0.2, 0.25) is 0 Å². The monoisotopic (exact) mass is 183 g/mol. The average molecular weight is 183 g/mol. The lowest BCUT2D eigenvalue weighted by atomic mass is 9.84. The Morgan fingerprint density at radius 1 is 1.31 bits per heavy atom. The maximum Gasteiger partial charge on any atom is 0.0805 e. The minimum atomic E-state index is -0.551. The van der Waals surface area contributed by atoms with Crippen LogP contribution in [0.1, 0.15) is 46.0 Å². The Labute approximate surface area is 80.5 Å². The number of hydrogen-bond acceptors (Lipinski definition) is 2. The van der Waals surface area contributed by atoms with E-state index in [1.54, 1.807) is 0 Å². The van der Waals surface area contributed by atoms with E-state index in [1.165, 1.54) is 12.8 Å². The summed E-state index contributed by atoms with van der Waals surface area (Å²) in [7, 11) is 0. The molecule has 2 atom stereocenters. The van der Waals surface area contributed by atoms with Gasteiger partial charge in [-0.05, 0) is 43.4 Å². The Kier molecular flexibility index (Phi) is 1.97. The lowest BCUT2D eigenvalue weighted by molar-refractivity contribution is 0.00512. The summed E-state index contributed by atoms with van der Waals surface area (Å²) >= 11 is 0. The van der Waals surface area contributed by atoms with Crippen molar-refractivity contribution in [2.24, 2.45) is 17.1 Å². The van der Waals surface area contributed by atoms with Crippen LogP contribution < -0.4 is 5.73 Å². The Morgan fingerprint density at radius 3 is 2.31 bits per heavy atom. The van der Waals surface area contributed by atoms with Gasteiger partial charge in [0, 0.05) is 6.04 Å². The Hall–Kier alpha value is -0.0800. The highest BCUT2D eigenvalue weighted by atomic mass is 16.3. The quantitative estimate of drug-likeness (QED) is 0.684. The van der Waals surface area contributed by atoms with Crippen LogP contribution in [0, 0.1) is 11.3 Å². The molecule has 0 amide bonds. The summed E-state index contributed by atoms with van der Waals surface area (Å²) in [4.78, 5) is 0. The van der Waals surface area contributed by atoms with E-state index < -0.39 is 5.60 Å². The minimum Gasteiger partial charge on any atom is -0.388 e. The second-order valence-corrected chi connectivity index (χ2v) is 5.81. The van der Waals surface area contributed by atoms with E-state index >= 15 is 0 Å². The predicted molar refractivity (Wildman–Crippen MR) is 53.3 cm³/mol. The molecule has 0 aliphatic heterocycles. The molecule has 76 valence electrons. The van der Waals surface area contributed by atoms with Gasteiger partial charge in [0.25, 0.3) is 0 Å². The summed E-state index contributed by atoms with van der Waals surface area (Å²) in [5, 5.41) is 10.4. The molecule has 3 N–H and O–H groups in total. The Bertz CT molecular complexity index is 210. The topological polar surface area (TPSA) is 46.2 Å². The largest absolute Gasteiger partial charge is 0.388 e. The van der Waals surface area contributed by atoms with E-state index in [0.717, 1.165) is 19.3 Å². The second-order valence-electron chi connectivity index (χ2n) is 5.81. The molecule has 0 aromatic rings. The van der Waals surface area contributed by atoms with Crippen LogP contribution in [-0.4, -0.2) is 16.7 Å². The molecule has 0 radical (unpaired) electrons. The smallest absolute Gasteiger partial charge is 0.0805 e. The molecule has 0 aromatic carbocycles. The van der Waals surface area contributed by atoms with E-state index in [0.29, 0.717) is 11.3 Å². The highest BCUT2D eigenvalue weighted by Crippen LogP contribution is 2.49. The van der Waals surface area contributed by atoms with E-state index in [1.807, 2.05) is 0 Å². The van der Waals surface area contributed by atoms with E-state index in [-0.39, 0.29) is 6.04 Å². The lowest BCUT2D eigenvalue weighted by Gasteiger charge is -2.31. The zero-order valence-electron chi connectivity index (χ0n) is 8.71. The third-order valence-electron chi connectivity index (χ3n) is 3.77. The van der Waals surface area contributed by atoms with Gasteiger partial charge in [0.15, 0.2) is 0 Å². The fourth-order valence-electron chi connectivity index (χ4n) is 2.74. The molecule has 2 saturated carbocycles.